The number of hydrogen-bond acceptors (Lipinski definition) is 2. The van der Waals surface area contributed by atoms with E-state index in [0.717, 1.165) is 0 Å². The zero-order chi connectivity index (χ0) is 14.5. The maximum atomic E-state index is 13.4. The van der Waals surface area contributed by atoms with Crippen molar-refractivity contribution in [2.24, 2.45) is 5.92 Å². The molecular weight excluding hydrogens is 269 g/mol. The number of anilines is 1. The van der Waals surface area contributed by atoms with Crippen LogP contribution in [0, 0.1) is 11.7 Å². The van der Waals surface area contributed by atoms with Gasteiger partial charge in [-0.25, -0.2) is 13.2 Å². The van der Waals surface area contributed by atoms with E-state index in [9.17, 15) is 18.0 Å². The molecule has 20 heavy (non-hydrogen) atoms. The molecule has 0 bridgehead atoms. The van der Waals surface area contributed by atoms with Gasteiger partial charge in [0.05, 0.1) is 18.2 Å². The van der Waals surface area contributed by atoms with E-state index in [0.29, 0.717) is 25.9 Å². The highest BCUT2D eigenvalue weighted by atomic mass is 19.3. The van der Waals surface area contributed by atoms with Crippen LogP contribution >= 0.6 is 0 Å². The fourth-order valence-corrected chi connectivity index (χ4v) is 2.43. The van der Waals surface area contributed by atoms with Crippen LogP contribution in [0.25, 0.3) is 0 Å². The maximum Gasteiger partial charge on any atom is 0.251 e. The van der Waals surface area contributed by atoms with Crippen molar-refractivity contribution < 1.29 is 18.0 Å². The number of hydrogen-bond donors (Lipinski definition) is 1. The lowest BCUT2D eigenvalue weighted by Crippen LogP contribution is -2.42. The van der Waals surface area contributed by atoms with Gasteiger partial charge in [0.15, 0.2) is 0 Å². The Morgan fingerprint density at radius 2 is 2.15 bits per heavy atom. The minimum atomic E-state index is -2.40. The Balaban J connectivity index is 1.93. The van der Waals surface area contributed by atoms with Gasteiger partial charge in [0.1, 0.15) is 5.82 Å². The molecule has 0 aliphatic carbocycles. The number of piperidine rings is 1. The van der Waals surface area contributed by atoms with Crippen LogP contribution in [-0.2, 0) is 4.79 Å². The summed E-state index contributed by atoms with van der Waals surface area (Å²) >= 11 is 0. The second kappa shape index (κ2) is 6.74. The maximum absolute atomic E-state index is 13.4. The average Bonchev–Trinajstić information content (AvgIpc) is 2.41. The minimum Gasteiger partial charge on any atom is -0.323 e. The Kier molecular flexibility index (Phi) is 5.00. The molecule has 1 aromatic carbocycles. The monoisotopic (exact) mass is 286 g/mol. The van der Waals surface area contributed by atoms with Gasteiger partial charge in [-0.1, -0.05) is 12.1 Å². The lowest BCUT2D eigenvalue weighted by molar-refractivity contribution is -0.121. The van der Waals surface area contributed by atoms with Crippen LogP contribution in [0.15, 0.2) is 24.3 Å². The number of halogens is 3. The first-order valence-corrected chi connectivity index (χ1v) is 6.62. The fourth-order valence-electron chi connectivity index (χ4n) is 2.43. The summed E-state index contributed by atoms with van der Waals surface area (Å²) in [5.74, 6) is -1.18. The Morgan fingerprint density at radius 1 is 1.40 bits per heavy atom. The van der Waals surface area contributed by atoms with Crippen LogP contribution < -0.4 is 5.32 Å². The summed E-state index contributed by atoms with van der Waals surface area (Å²) in [5, 5.41) is 2.53. The van der Waals surface area contributed by atoms with E-state index in [4.69, 9.17) is 0 Å². The smallest absolute Gasteiger partial charge is 0.251 e. The number of likely N-dealkylation sites (tertiary alicyclic amines) is 1. The molecule has 3 nitrogen and oxygen atoms in total. The van der Waals surface area contributed by atoms with Crippen molar-refractivity contribution in [3.8, 4) is 0 Å². The van der Waals surface area contributed by atoms with Crippen molar-refractivity contribution in [2.45, 2.75) is 19.3 Å². The predicted octanol–water partition coefficient (Wildman–Crippen LogP) is 2.74. The summed E-state index contributed by atoms with van der Waals surface area (Å²) in [6.45, 7) is 0.557. The number of alkyl halides is 2. The first kappa shape index (κ1) is 14.8. The molecular formula is C14H17F3N2O. The second-order valence-electron chi connectivity index (χ2n) is 4.96. The molecule has 1 aliphatic heterocycles. The summed E-state index contributed by atoms with van der Waals surface area (Å²) in [6, 6.07) is 5.91. The van der Waals surface area contributed by atoms with E-state index in [1.807, 2.05) is 0 Å². The molecule has 1 aliphatic rings. The average molecular weight is 286 g/mol. The van der Waals surface area contributed by atoms with Crippen molar-refractivity contribution in [3.63, 3.8) is 0 Å². The van der Waals surface area contributed by atoms with E-state index >= 15 is 0 Å². The van der Waals surface area contributed by atoms with Crippen molar-refractivity contribution in [2.75, 3.05) is 25.0 Å². The number of para-hydroxylation sites is 1. The van der Waals surface area contributed by atoms with Gasteiger partial charge < -0.3 is 5.32 Å². The van der Waals surface area contributed by atoms with Crippen molar-refractivity contribution in [1.82, 2.24) is 4.90 Å². The number of rotatable bonds is 4. The molecule has 6 heteroatoms. The quantitative estimate of drug-likeness (QED) is 0.923. The van der Waals surface area contributed by atoms with Gasteiger partial charge in [0.25, 0.3) is 6.43 Å². The normalized spacial score (nSPS) is 20.1. The highest BCUT2D eigenvalue weighted by Gasteiger charge is 2.27. The molecule has 1 aromatic rings. The summed E-state index contributed by atoms with van der Waals surface area (Å²) in [4.78, 5) is 13.6. The number of nitrogens with zero attached hydrogens (tertiary/aromatic N) is 1. The largest absolute Gasteiger partial charge is 0.323 e. The van der Waals surface area contributed by atoms with Crippen LogP contribution in [0.1, 0.15) is 12.8 Å². The van der Waals surface area contributed by atoms with E-state index < -0.39 is 12.2 Å². The van der Waals surface area contributed by atoms with Gasteiger partial charge in [-0.15, -0.1) is 0 Å². The summed E-state index contributed by atoms with van der Waals surface area (Å²) in [6.07, 6.45) is -1.06. The van der Waals surface area contributed by atoms with Crippen molar-refractivity contribution in [1.29, 1.82) is 0 Å². The van der Waals surface area contributed by atoms with Gasteiger partial charge in [0.2, 0.25) is 5.91 Å². The van der Waals surface area contributed by atoms with Gasteiger partial charge >= 0.3 is 0 Å². The Labute approximate surface area is 115 Å². The van der Waals surface area contributed by atoms with Crippen molar-refractivity contribution in [3.05, 3.63) is 30.1 Å². The van der Waals surface area contributed by atoms with E-state index in [2.05, 4.69) is 5.32 Å². The lowest BCUT2D eigenvalue weighted by atomic mass is 9.97. The Bertz CT molecular complexity index is 467. The topological polar surface area (TPSA) is 32.3 Å². The van der Waals surface area contributed by atoms with Gasteiger partial charge in [-0.05, 0) is 31.5 Å². The van der Waals surface area contributed by atoms with Crippen LogP contribution in [-0.4, -0.2) is 36.9 Å². The van der Waals surface area contributed by atoms with Gasteiger partial charge in [-0.3, -0.25) is 9.69 Å². The van der Waals surface area contributed by atoms with Crippen molar-refractivity contribution >= 4 is 11.6 Å². The summed E-state index contributed by atoms with van der Waals surface area (Å²) < 4.78 is 38.2. The van der Waals surface area contributed by atoms with E-state index in [1.165, 1.54) is 18.2 Å². The van der Waals surface area contributed by atoms with Gasteiger partial charge in [0, 0.05) is 6.54 Å². The standard InChI is InChI=1S/C14H17F3N2O/c15-11-5-1-2-6-12(11)18-14(20)10-4-3-7-19(8-10)9-13(16)17/h1-2,5-6,10,13H,3-4,7-9H2,(H,18,20)/t10-/m0/s1. The Morgan fingerprint density at radius 3 is 2.85 bits per heavy atom. The molecule has 1 heterocycles. The number of carbonyl (C=O) groups excluding carboxylic acids is 1. The summed E-state index contributed by atoms with van der Waals surface area (Å²) in [7, 11) is 0. The molecule has 1 N–H and O–H groups in total. The van der Waals surface area contributed by atoms with Crippen LogP contribution in [0.4, 0.5) is 18.9 Å². The van der Waals surface area contributed by atoms with Crippen LogP contribution in [0.5, 0.6) is 0 Å². The molecule has 1 amide bonds. The number of benzene rings is 1. The zero-order valence-corrected chi connectivity index (χ0v) is 11.0. The molecule has 1 saturated heterocycles. The first-order valence-electron chi connectivity index (χ1n) is 6.62. The molecule has 0 spiro atoms. The zero-order valence-electron chi connectivity index (χ0n) is 11.0. The van der Waals surface area contributed by atoms with E-state index in [-0.39, 0.29) is 24.1 Å². The SMILES string of the molecule is O=C(Nc1ccccc1F)[C@H]1CCCN(CC(F)F)C1. The Hall–Kier alpha value is -1.56. The molecule has 110 valence electrons. The summed E-state index contributed by atoms with van der Waals surface area (Å²) in [5.41, 5.74) is 0.128. The molecule has 0 unspecified atom stereocenters. The number of amides is 1. The third kappa shape index (κ3) is 3.96. The third-order valence-corrected chi connectivity index (χ3v) is 3.40. The predicted molar refractivity (Wildman–Crippen MR) is 70.2 cm³/mol. The molecule has 0 radical (unpaired) electrons. The molecule has 2 rings (SSSR count). The number of nitrogens with one attached hydrogen (secondary N) is 1. The highest BCUT2D eigenvalue weighted by Crippen LogP contribution is 2.20. The van der Waals surface area contributed by atoms with Crippen LogP contribution in [0.2, 0.25) is 0 Å². The molecule has 0 saturated carbocycles. The molecule has 0 aromatic heterocycles. The van der Waals surface area contributed by atoms with Gasteiger partial charge in [-0.2, -0.15) is 0 Å². The molecule has 1 fully saturated rings. The third-order valence-electron chi connectivity index (χ3n) is 3.40. The first-order chi connectivity index (χ1) is 9.56. The van der Waals surface area contributed by atoms with Crippen LogP contribution in [0.3, 0.4) is 0 Å². The van der Waals surface area contributed by atoms with E-state index in [1.54, 1.807) is 11.0 Å². The second-order valence-corrected chi connectivity index (χ2v) is 4.96. The highest BCUT2D eigenvalue weighted by molar-refractivity contribution is 5.92. The minimum absolute atomic E-state index is 0.128. The molecule has 1 atom stereocenters. The lowest BCUT2D eigenvalue weighted by Gasteiger charge is -2.31. The fraction of sp³-hybridized carbons (Fsp3) is 0.500. The number of carbonyl (C=O) groups is 1.